The molecule has 0 spiro atoms. The maximum atomic E-state index is 8.13. The molecule has 0 aromatic rings. The average molecular weight is 306 g/mol. The van der Waals surface area contributed by atoms with Crippen LogP contribution in [0.25, 0.3) is 0 Å². The van der Waals surface area contributed by atoms with E-state index in [2.05, 4.69) is 34.0 Å². The topological polar surface area (TPSA) is 96.5 Å². The van der Waals surface area contributed by atoms with Gasteiger partial charge in [0, 0.05) is 13.1 Å². The lowest BCUT2D eigenvalue weighted by molar-refractivity contribution is 0.478. The molecule has 0 heterocycles. The quantitative estimate of drug-likeness (QED) is 0.216. The Morgan fingerprint density at radius 2 is 1.23 bits per heavy atom. The molecule has 0 aliphatic carbocycles. The van der Waals surface area contributed by atoms with Crippen molar-refractivity contribution in [3.8, 4) is 0 Å². The molecule has 0 amide bonds. The molecule has 2 unspecified atom stereocenters. The van der Waals surface area contributed by atoms with Crippen molar-refractivity contribution in [3.63, 3.8) is 0 Å². The second-order valence-corrected chi connectivity index (χ2v) is 5.54. The molecule has 0 aromatic heterocycles. The number of amidine groups is 2. The summed E-state index contributed by atoms with van der Waals surface area (Å²) in [6, 6.07) is 0. The first-order valence-corrected chi connectivity index (χ1v) is 7.61. The van der Waals surface area contributed by atoms with Gasteiger partial charge in [0.25, 0.3) is 0 Å². The summed E-state index contributed by atoms with van der Waals surface area (Å²) in [4.78, 5) is 0. The Hall–Kier alpha value is -1.98. The number of azo groups is 1. The highest BCUT2D eigenvalue weighted by Gasteiger charge is 2.32. The molecule has 124 valence electrons. The van der Waals surface area contributed by atoms with Crippen LogP contribution >= 0.6 is 0 Å². The smallest absolute Gasteiger partial charge is 0.135 e. The Morgan fingerprint density at radius 3 is 1.45 bits per heavy atom. The van der Waals surface area contributed by atoms with Gasteiger partial charge in [-0.2, -0.15) is 10.2 Å². The van der Waals surface area contributed by atoms with Crippen LogP contribution in [0.5, 0.6) is 0 Å². The zero-order valence-electron chi connectivity index (χ0n) is 14.3. The van der Waals surface area contributed by atoms with E-state index >= 15 is 0 Å². The van der Waals surface area contributed by atoms with Crippen LogP contribution in [0.2, 0.25) is 0 Å². The fourth-order valence-corrected chi connectivity index (χ4v) is 1.54. The minimum Gasteiger partial charge on any atom is -0.368 e. The maximum Gasteiger partial charge on any atom is 0.135 e. The molecular weight excluding hydrogens is 276 g/mol. The Morgan fingerprint density at radius 1 is 0.909 bits per heavy atom. The first-order chi connectivity index (χ1) is 10.3. The standard InChI is InChI=1S/C16H30N6/c1-7-11-19-13(17)15(5,9-3)21-22-16(6,10-4)14(18)20-12-8-2/h7-8H,1-2,9-12H2,3-6H3,(H2,17,19)(H2,18,20). The second kappa shape index (κ2) is 9.12. The normalized spacial score (nSPS) is 16.4. The van der Waals surface area contributed by atoms with Gasteiger partial charge < -0.3 is 10.6 Å². The lowest BCUT2D eigenvalue weighted by atomic mass is 9.97. The van der Waals surface area contributed by atoms with Crippen LogP contribution in [0, 0.1) is 10.8 Å². The third kappa shape index (κ3) is 5.42. The van der Waals surface area contributed by atoms with E-state index in [1.54, 1.807) is 12.2 Å². The first-order valence-electron chi connectivity index (χ1n) is 7.61. The van der Waals surface area contributed by atoms with Crippen LogP contribution in [0.4, 0.5) is 0 Å². The minimum atomic E-state index is -0.724. The molecule has 0 bridgehead atoms. The van der Waals surface area contributed by atoms with Crippen molar-refractivity contribution in [2.75, 3.05) is 13.1 Å². The number of nitrogens with one attached hydrogen (secondary N) is 4. The van der Waals surface area contributed by atoms with Crippen LogP contribution in [0.1, 0.15) is 40.5 Å². The molecule has 4 N–H and O–H groups in total. The third-order valence-electron chi connectivity index (χ3n) is 3.79. The van der Waals surface area contributed by atoms with Crippen LogP contribution in [-0.2, 0) is 0 Å². The van der Waals surface area contributed by atoms with Crippen LogP contribution in [0.15, 0.2) is 35.5 Å². The molecule has 0 fully saturated rings. The minimum absolute atomic E-state index is 0.308. The molecular formula is C16H30N6. The van der Waals surface area contributed by atoms with Gasteiger partial charge in [0.1, 0.15) is 22.7 Å². The molecule has 0 radical (unpaired) electrons. The van der Waals surface area contributed by atoms with Gasteiger partial charge in [0.2, 0.25) is 0 Å². The first kappa shape index (κ1) is 20.0. The van der Waals surface area contributed by atoms with E-state index in [0.717, 1.165) is 0 Å². The second-order valence-electron chi connectivity index (χ2n) is 5.54. The highest BCUT2D eigenvalue weighted by molar-refractivity contribution is 5.89. The Bertz CT molecular complexity index is 402. The molecule has 0 aliphatic rings. The van der Waals surface area contributed by atoms with Crippen LogP contribution in [0.3, 0.4) is 0 Å². The zero-order chi connectivity index (χ0) is 17.2. The monoisotopic (exact) mass is 306 g/mol. The van der Waals surface area contributed by atoms with E-state index in [-0.39, 0.29) is 0 Å². The van der Waals surface area contributed by atoms with Gasteiger partial charge in [-0.15, -0.1) is 13.2 Å². The summed E-state index contributed by atoms with van der Waals surface area (Å²) in [7, 11) is 0. The van der Waals surface area contributed by atoms with E-state index in [9.17, 15) is 0 Å². The molecule has 6 nitrogen and oxygen atoms in total. The number of rotatable bonds is 10. The fourth-order valence-electron chi connectivity index (χ4n) is 1.54. The van der Waals surface area contributed by atoms with E-state index in [0.29, 0.717) is 37.6 Å². The van der Waals surface area contributed by atoms with E-state index in [1.165, 1.54) is 0 Å². The van der Waals surface area contributed by atoms with Crippen molar-refractivity contribution >= 4 is 11.7 Å². The zero-order valence-corrected chi connectivity index (χ0v) is 14.3. The Balaban J connectivity index is 5.19. The van der Waals surface area contributed by atoms with Crippen molar-refractivity contribution in [1.82, 2.24) is 10.6 Å². The van der Waals surface area contributed by atoms with Crippen molar-refractivity contribution in [2.45, 2.75) is 51.6 Å². The molecule has 0 aromatic carbocycles. The summed E-state index contributed by atoms with van der Waals surface area (Å²) in [5.41, 5.74) is -1.45. The molecule has 0 rings (SSSR count). The highest BCUT2D eigenvalue weighted by Crippen LogP contribution is 2.22. The SMILES string of the molecule is C=CCNC(=N)C(C)(CC)N=NC(C)(CC)C(=N)NCC=C. The molecule has 0 saturated heterocycles. The van der Waals surface area contributed by atoms with Crippen molar-refractivity contribution in [2.24, 2.45) is 10.2 Å². The van der Waals surface area contributed by atoms with Crippen molar-refractivity contribution in [1.29, 1.82) is 10.8 Å². The van der Waals surface area contributed by atoms with E-state index in [4.69, 9.17) is 10.8 Å². The largest absolute Gasteiger partial charge is 0.368 e. The summed E-state index contributed by atoms with van der Waals surface area (Å²) in [6.45, 7) is 16.0. The average Bonchev–Trinajstić information content (AvgIpc) is 2.54. The summed E-state index contributed by atoms with van der Waals surface area (Å²) in [5, 5.41) is 31.0. The van der Waals surface area contributed by atoms with Gasteiger partial charge in [-0.3, -0.25) is 10.8 Å². The Kier molecular flexibility index (Phi) is 8.30. The summed E-state index contributed by atoms with van der Waals surface area (Å²) >= 11 is 0. The fraction of sp³-hybridized carbons (Fsp3) is 0.625. The predicted octanol–water partition coefficient (Wildman–Crippen LogP) is 3.28. The van der Waals surface area contributed by atoms with Crippen LogP contribution in [-0.4, -0.2) is 35.8 Å². The molecule has 6 heteroatoms. The van der Waals surface area contributed by atoms with Gasteiger partial charge in [0.15, 0.2) is 0 Å². The molecule has 2 atom stereocenters. The third-order valence-corrected chi connectivity index (χ3v) is 3.79. The van der Waals surface area contributed by atoms with Gasteiger partial charge in [-0.05, 0) is 26.7 Å². The number of hydrogen-bond acceptors (Lipinski definition) is 4. The number of nitrogens with zero attached hydrogens (tertiary/aromatic N) is 2. The van der Waals surface area contributed by atoms with Crippen LogP contribution < -0.4 is 10.6 Å². The van der Waals surface area contributed by atoms with Crippen molar-refractivity contribution < 1.29 is 0 Å². The molecule has 0 saturated carbocycles. The number of hydrogen-bond donors (Lipinski definition) is 4. The van der Waals surface area contributed by atoms with E-state index < -0.39 is 11.1 Å². The maximum absolute atomic E-state index is 8.13. The lowest BCUT2D eigenvalue weighted by Crippen LogP contribution is -2.45. The van der Waals surface area contributed by atoms with Gasteiger partial charge in [-0.1, -0.05) is 26.0 Å². The van der Waals surface area contributed by atoms with Gasteiger partial charge in [0.05, 0.1) is 0 Å². The Labute approximate surface area is 134 Å². The summed E-state index contributed by atoms with van der Waals surface area (Å²) < 4.78 is 0. The summed E-state index contributed by atoms with van der Waals surface area (Å²) in [6.07, 6.45) is 4.69. The molecule has 22 heavy (non-hydrogen) atoms. The van der Waals surface area contributed by atoms with Gasteiger partial charge in [-0.25, -0.2) is 0 Å². The summed E-state index contributed by atoms with van der Waals surface area (Å²) in [5.74, 6) is 0.616. The highest BCUT2D eigenvalue weighted by atomic mass is 15.2. The predicted molar refractivity (Wildman–Crippen MR) is 94.1 cm³/mol. The lowest BCUT2D eigenvalue weighted by Gasteiger charge is -2.28. The van der Waals surface area contributed by atoms with E-state index in [1.807, 2.05) is 27.7 Å². The molecule has 0 aliphatic heterocycles. The van der Waals surface area contributed by atoms with Gasteiger partial charge >= 0.3 is 0 Å². The van der Waals surface area contributed by atoms with Crippen molar-refractivity contribution in [3.05, 3.63) is 25.3 Å².